The number of para-hydroxylation sites is 1. The highest BCUT2D eigenvalue weighted by atomic mass is 15.1. The molecule has 0 amide bonds. The van der Waals surface area contributed by atoms with Gasteiger partial charge in [-0.3, -0.25) is 0 Å². The predicted molar refractivity (Wildman–Crippen MR) is 77.5 cm³/mol. The Hall–Kier alpha value is -1.32. The minimum Gasteiger partial charge on any atom is -0.350 e. The molecule has 1 atom stereocenters. The summed E-state index contributed by atoms with van der Waals surface area (Å²) in [5.74, 6) is 0.546. The molecule has 1 aromatic heterocycles. The maximum atomic E-state index is 5.68. The molecule has 0 bridgehead atoms. The topological polar surface area (TPSA) is 34.2 Å². The van der Waals surface area contributed by atoms with Gasteiger partial charge < -0.3 is 15.2 Å². The normalized spacial score (nSPS) is 13.4. The van der Waals surface area contributed by atoms with Crippen LogP contribution in [0.5, 0.6) is 0 Å². The summed E-state index contributed by atoms with van der Waals surface area (Å²) in [4.78, 5) is 2.35. The van der Waals surface area contributed by atoms with E-state index in [4.69, 9.17) is 5.73 Å². The van der Waals surface area contributed by atoms with Gasteiger partial charge in [0.1, 0.15) is 0 Å². The monoisotopic (exact) mass is 245 g/mol. The molecule has 0 aliphatic rings. The highest BCUT2D eigenvalue weighted by molar-refractivity contribution is 5.83. The van der Waals surface area contributed by atoms with Crippen LogP contribution in [0, 0.1) is 5.92 Å². The van der Waals surface area contributed by atoms with Gasteiger partial charge in [-0.25, -0.2) is 0 Å². The first-order chi connectivity index (χ1) is 8.61. The van der Waals surface area contributed by atoms with Crippen molar-refractivity contribution in [2.24, 2.45) is 18.7 Å². The van der Waals surface area contributed by atoms with Gasteiger partial charge in [-0.2, -0.15) is 0 Å². The quantitative estimate of drug-likeness (QED) is 0.876. The van der Waals surface area contributed by atoms with Crippen molar-refractivity contribution in [1.82, 2.24) is 9.47 Å². The average molecular weight is 245 g/mol. The van der Waals surface area contributed by atoms with Crippen LogP contribution in [0.15, 0.2) is 30.5 Å². The Kier molecular flexibility index (Phi) is 4.04. The summed E-state index contributed by atoms with van der Waals surface area (Å²) in [6.45, 7) is 4.96. The smallest absolute Gasteiger partial charge is 0.0481 e. The molecule has 2 rings (SSSR count). The van der Waals surface area contributed by atoms with Crippen molar-refractivity contribution in [3.63, 3.8) is 0 Å². The molecule has 0 aliphatic carbocycles. The van der Waals surface area contributed by atoms with Crippen molar-refractivity contribution < 1.29 is 0 Å². The number of nitrogens with two attached hydrogens (primary N) is 1. The van der Waals surface area contributed by atoms with E-state index in [9.17, 15) is 0 Å². The van der Waals surface area contributed by atoms with Gasteiger partial charge in [-0.05, 0) is 31.1 Å². The van der Waals surface area contributed by atoms with Crippen LogP contribution in [-0.2, 0) is 13.6 Å². The summed E-state index contributed by atoms with van der Waals surface area (Å²) < 4.78 is 2.20. The first-order valence-electron chi connectivity index (χ1n) is 6.53. The molecule has 1 heterocycles. The van der Waals surface area contributed by atoms with Crippen LogP contribution in [0.25, 0.3) is 10.9 Å². The fraction of sp³-hybridized carbons (Fsp3) is 0.467. The molecule has 1 aromatic carbocycles. The Morgan fingerprint density at radius 3 is 2.78 bits per heavy atom. The van der Waals surface area contributed by atoms with Crippen molar-refractivity contribution in [3.05, 3.63) is 36.0 Å². The van der Waals surface area contributed by atoms with Crippen LogP contribution >= 0.6 is 0 Å². The SMILES string of the molecule is CC(CN)CN(C)Cc1cn(C)c2ccccc12. The van der Waals surface area contributed by atoms with Crippen LogP contribution < -0.4 is 5.73 Å². The molecular weight excluding hydrogens is 222 g/mol. The van der Waals surface area contributed by atoms with E-state index in [1.807, 2.05) is 0 Å². The number of nitrogens with zero attached hydrogens (tertiary/aromatic N) is 2. The van der Waals surface area contributed by atoms with Crippen molar-refractivity contribution in [3.8, 4) is 0 Å². The highest BCUT2D eigenvalue weighted by Crippen LogP contribution is 2.21. The van der Waals surface area contributed by atoms with Gasteiger partial charge >= 0.3 is 0 Å². The van der Waals surface area contributed by atoms with Gasteiger partial charge in [0.05, 0.1) is 0 Å². The number of benzene rings is 1. The first-order valence-corrected chi connectivity index (χ1v) is 6.53. The van der Waals surface area contributed by atoms with Gasteiger partial charge in [-0.1, -0.05) is 25.1 Å². The molecule has 0 fully saturated rings. The minimum absolute atomic E-state index is 0.546. The van der Waals surface area contributed by atoms with E-state index in [1.54, 1.807) is 0 Å². The van der Waals surface area contributed by atoms with Crippen molar-refractivity contribution in [2.45, 2.75) is 13.5 Å². The lowest BCUT2D eigenvalue weighted by Gasteiger charge is -2.19. The van der Waals surface area contributed by atoms with E-state index in [-0.39, 0.29) is 0 Å². The van der Waals surface area contributed by atoms with Crippen molar-refractivity contribution >= 4 is 10.9 Å². The summed E-state index contributed by atoms with van der Waals surface area (Å²) in [5, 5.41) is 1.35. The molecule has 98 valence electrons. The van der Waals surface area contributed by atoms with Crippen LogP contribution in [0.2, 0.25) is 0 Å². The van der Waals surface area contributed by atoms with Crippen LogP contribution in [0.4, 0.5) is 0 Å². The molecule has 0 saturated carbocycles. The number of rotatable bonds is 5. The van der Waals surface area contributed by atoms with Crippen molar-refractivity contribution in [2.75, 3.05) is 20.1 Å². The molecule has 3 heteroatoms. The molecule has 3 nitrogen and oxygen atoms in total. The Morgan fingerprint density at radius 1 is 1.33 bits per heavy atom. The Bertz CT molecular complexity index is 515. The second-order valence-electron chi connectivity index (χ2n) is 5.32. The molecule has 0 spiro atoms. The third-order valence-electron chi connectivity index (χ3n) is 3.45. The summed E-state index contributed by atoms with van der Waals surface area (Å²) in [7, 11) is 4.27. The first kappa shape index (κ1) is 13.1. The zero-order valence-corrected chi connectivity index (χ0v) is 11.6. The van der Waals surface area contributed by atoms with E-state index < -0.39 is 0 Å². The maximum Gasteiger partial charge on any atom is 0.0481 e. The number of fused-ring (bicyclic) bond motifs is 1. The molecule has 0 aliphatic heterocycles. The molecular formula is C15H23N3. The van der Waals surface area contributed by atoms with Crippen LogP contribution in [-0.4, -0.2) is 29.6 Å². The Morgan fingerprint density at radius 2 is 2.06 bits per heavy atom. The highest BCUT2D eigenvalue weighted by Gasteiger charge is 2.10. The lowest BCUT2D eigenvalue weighted by Crippen LogP contribution is -2.27. The summed E-state index contributed by atoms with van der Waals surface area (Å²) in [5.41, 5.74) is 8.37. The van der Waals surface area contributed by atoms with Crippen molar-refractivity contribution in [1.29, 1.82) is 0 Å². The predicted octanol–water partition coefficient (Wildman–Crippen LogP) is 2.20. The molecule has 0 radical (unpaired) electrons. The number of hydrogen-bond donors (Lipinski definition) is 1. The van der Waals surface area contributed by atoms with Gasteiger partial charge in [0, 0.05) is 37.2 Å². The Labute approximate surface area is 109 Å². The number of aromatic nitrogens is 1. The molecule has 18 heavy (non-hydrogen) atoms. The third kappa shape index (κ3) is 2.74. The minimum atomic E-state index is 0.546. The van der Waals surface area contributed by atoms with Gasteiger partial charge in [0.15, 0.2) is 0 Å². The van der Waals surface area contributed by atoms with E-state index >= 15 is 0 Å². The second kappa shape index (κ2) is 5.55. The van der Waals surface area contributed by atoms with Gasteiger partial charge in [0.2, 0.25) is 0 Å². The lowest BCUT2D eigenvalue weighted by molar-refractivity contribution is 0.282. The van der Waals surface area contributed by atoms with Gasteiger partial charge in [0.25, 0.3) is 0 Å². The zero-order valence-electron chi connectivity index (χ0n) is 11.6. The summed E-state index contributed by atoms with van der Waals surface area (Å²) >= 11 is 0. The van der Waals surface area contributed by atoms with E-state index in [0.717, 1.165) is 19.6 Å². The molecule has 1 unspecified atom stereocenters. The standard InChI is InChI=1S/C15H23N3/c1-12(8-16)9-17(2)10-13-11-18(3)15-7-5-4-6-14(13)15/h4-7,11-12H,8-10,16H2,1-3H3. The average Bonchev–Trinajstić information content (AvgIpc) is 2.67. The fourth-order valence-corrected chi connectivity index (χ4v) is 2.51. The maximum absolute atomic E-state index is 5.68. The van der Waals surface area contributed by atoms with Crippen LogP contribution in [0.3, 0.4) is 0 Å². The lowest BCUT2D eigenvalue weighted by atomic mass is 10.1. The fourth-order valence-electron chi connectivity index (χ4n) is 2.51. The van der Waals surface area contributed by atoms with Gasteiger partial charge in [-0.15, -0.1) is 0 Å². The number of hydrogen-bond acceptors (Lipinski definition) is 2. The second-order valence-corrected chi connectivity index (χ2v) is 5.32. The van der Waals surface area contributed by atoms with Crippen LogP contribution in [0.1, 0.15) is 12.5 Å². The van der Waals surface area contributed by atoms with E-state index in [1.165, 1.54) is 16.5 Å². The van der Waals surface area contributed by atoms with E-state index in [0.29, 0.717) is 5.92 Å². The molecule has 2 N–H and O–H groups in total. The molecule has 2 aromatic rings. The van der Waals surface area contributed by atoms with E-state index in [2.05, 4.69) is 60.9 Å². The molecule has 0 saturated heterocycles. The largest absolute Gasteiger partial charge is 0.350 e. The number of aryl methyl sites for hydroxylation is 1. The Balaban J connectivity index is 2.17. The summed E-state index contributed by atoms with van der Waals surface area (Å²) in [6.07, 6.45) is 2.23. The zero-order chi connectivity index (χ0) is 13.1. The third-order valence-corrected chi connectivity index (χ3v) is 3.45. The summed E-state index contributed by atoms with van der Waals surface area (Å²) in [6, 6.07) is 8.56.